The van der Waals surface area contributed by atoms with Crippen LogP contribution >= 0.6 is 17.0 Å². The summed E-state index contributed by atoms with van der Waals surface area (Å²) in [6.07, 6.45) is 50.5. The third-order valence-corrected chi connectivity index (χ3v) is 157. The Hall–Kier alpha value is -11.3. The second-order valence-electron chi connectivity index (χ2n) is 36.3. The van der Waals surface area contributed by atoms with Gasteiger partial charge < -0.3 is 0 Å². The Bertz CT molecular complexity index is 6740. The van der Waals surface area contributed by atoms with E-state index in [1.807, 2.05) is 28.4 Å². The summed E-state index contributed by atoms with van der Waals surface area (Å²) in [6, 6.07) is 96.0. The molecule has 5 spiro atoms. The van der Waals surface area contributed by atoms with Gasteiger partial charge in [-0.05, 0) is 0 Å². The first-order valence-electron chi connectivity index (χ1n) is 44.1. The minimum absolute atomic E-state index is 0.305. The molecule has 125 heavy (non-hydrogen) atoms. The Morgan fingerprint density at radius 3 is 0.600 bits per heavy atom. The van der Waals surface area contributed by atoms with Crippen molar-refractivity contribution in [3.8, 4) is 23.0 Å². The quantitative estimate of drug-likeness (QED) is 0.101. The maximum absolute atomic E-state index is 12.6. The molecule has 606 valence electrons. The first-order chi connectivity index (χ1) is 61.2. The standard InChI is InChI=1S/2C58H46GeO2.2ClH.Zr/c2*1-36-34-51-43(53-39-22-10-16-30-47(39)57(60-3)48-31-17-11-23-40(48)53)26-8-14-28-45(51)55(36)59(38-20-6-5-7-21-38)56-37(2)35-52-44(27-9-15-29-46(52)56)54-41-24-12-18-32-49(41)58(61-4)50-33-19-13-25-42(50)54;;;/h2*5-35,43-44,59H,1-4H3;2*1H;/q;;;;+2/p-2. The summed E-state index contributed by atoms with van der Waals surface area (Å²) >= 11 is -17.3. The third-order valence-electron chi connectivity index (χ3n) is 32.3. The van der Waals surface area contributed by atoms with Gasteiger partial charge in [0.1, 0.15) is 0 Å². The van der Waals surface area contributed by atoms with Gasteiger partial charge in [-0.3, -0.25) is 0 Å². The van der Waals surface area contributed by atoms with Crippen LogP contribution in [0.2, 0.25) is 7.82 Å². The van der Waals surface area contributed by atoms with E-state index < -0.39 is 51.4 Å². The number of fused-ring (bicyclic) bond motifs is 16. The van der Waals surface area contributed by atoms with Gasteiger partial charge in [-0.25, -0.2) is 0 Å². The van der Waals surface area contributed by atoms with E-state index >= 15 is 0 Å². The molecule has 9 heteroatoms. The first kappa shape index (κ1) is 77.3. The van der Waals surface area contributed by atoms with E-state index in [0.717, 1.165) is 109 Å². The van der Waals surface area contributed by atoms with Crippen molar-refractivity contribution in [3.05, 3.63) is 465 Å². The minimum atomic E-state index is -8.62. The van der Waals surface area contributed by atoms with Crippen LogP contribution in [0.3, 0.4) is 0 Å². The van der Waals surface area contributed by atoms with Gasteiger partial charge in [0.15, 0.2) is 0 Å². The number of rotatable bonds is 10. The average Bonchev–Trinajstić information content (AvgIpc) is 1.49. The summed E-state index contributed by atoms with van der Waals surface area (Å²) in [6.45, 7) is 10.3. The van der Waals surface area contributed by atoms with Crippen molar-refractivity contribution in [3.63, 3.8) is 0 Å². The molecule has 2 saturated heterocycles. The monoisotopic (exact) mass is 1860 g/mol. The van der Waals surface area contributed by atoms with Crippen LogP contribution in [0.1, 0.15) is 73.6 Å². The third kappa shape index (κ3) is 8.79. The molecule has 0 N–H and O–H groups in total. The van der Waals surface area contributed by atoms with Gasteiger partial charge in [0.2, 0.25) is 0 Å². The Kier molecular flexibility index (Phi) is 17.1. The fourth-order valence-corrected chi connectivity index (χ4v) is 215. The summed E-state index contributed by atoms with van der Waals surface area (Å²) in [4.78, 5) is 0. The topological polar surface area (TPSA) is 36.9 Å². The van der Waals surface area contributed by atoms with Crippen molar-refractivity contribution in [2.24, 2.45) is 0 Å². The van der Waals surface area contributed by atoms with E-state index in [1.165, 1.54) is 97.9 Å². The number of halogens is 2. The molecule has 8 atom stereocenters. The summed E-state index contributed by atoms with van der Waals surface area (Å²) < 4.78 is 25.0. The molecular weight excluding hydrogens is 1760 g/mol. The van der Waals surface area contributed by atoms with Crippen LogP contribution in [0.15, 0.2) is 443 Å². The SMILES string of the molecule is COc1c2ccccc2c(C2C=CC=CC3=C2C=C(C)[C]32[GeH]([c]3ccccc3)[C]3(C(C)=CC4=C3C=CC=CC4c3c4ccccc4c(OC)c4ccccc34)[Zr]23([Cl])([Cl])[C]2(C(C)=CC4=C2C=CC=CC4c2c4ccccc4c(OC)c4ccccc24)[GeH]([c]2ccccc2)[C]32C(C)=CC3=C2C=CC=CC3c2c3ccccc3c(OC)c3ccccc23)c2ccccc12. The van der Waals surface area contributed by atoms with E-state index in [0.29, 0.717) is 0 Å². The molecule has 0 aromatic heterocycles. The molecule has 0 amide bonds. The molecule has 0 radical (unpaired) electrons. The van der Waals surface area contributed by atoms with Crippen LogP contribution in [0.25, 0.3) is 86.2 Å². The molecule has 8 unspecified atom stereocenters. The zero-order valence-electron chi connectivity index (χ0n) is 71.1. The van der Waals surface area contributed by atoms with Gasteiger partial charge in [-0.1, -0.05) is 0 Å². The van der Waals surface area contributed by atoms with Gasteiger partial charge in [0.25, 0.3) is 0 Å². The summed E-state index contributed by atoms with van der Waals surface area (Å²) in [5.74, 6) is 2.27. The van der Waals surface area contributed by atoms with Crippen LogP contribution in [0.4, 0.5) is 0 Å². The number of hydrogen-bond acceptors (Lipinski definition) is 4. The number of methoxy groups -OCH3 is 4. The number of benzene rings is 14. The Morgan fingerprint density at radius 1 is 0.240 bits per heavy atom. The number of allylic oxidation sites excluding steroid dienone is 32. The predicted molar refractivity (Wildman–Crippen MR) is 528 cm³/mol. The average molecular weight is 1860 g/mol. The Balaban J connectivity index is 0.948. The molecule has 4 nitrogen and oxygen atoms in total. The first-order valence-corrected chi connectivity index (χ1v) is 62.6. The molecule has 0 bridgehead atoms. The Labute approximate surface area is 743 Å². The molecule has 2 fully saturated rings. The summed E-state index contributed by atoms with van der Waals surface area (Å²) in [5, 5.41) is 17.8. The molecule has 14 aromatic rings. The number of hydrogen-bond donors (Lipinski definition) is 0. The number of ether oxygens (including phenoxy) is 4. The van der Waals surface area contributed by atoms with Crippen molar-refractivity contribution in [2.45, 2.75) is 59.2 Å². The summed E-state index contributed by atoms with van der Waals surface area (Å²) in [7, 11) is 32.5. The van der Waals surface area contributed by atoms with E-state index in [9.17, 15) is 17.0 Å². The second kappa shape index (κ2) is 27.6. The fraction of sp³-hybridized carbons (Fsp3) is 0.138. The molecule has 8 aliphatic carbocycles. The molecule has 24 rings (SSSR count). The molecule has 2 heterocycles. The van der Waals surface area contributed by atoms with Crippen LogP contribution in [0.5, 0.6) is 23.0 Å². The summed E-state index contributed by atoms with van der Waals surface area (Å²) in [5.41, 5.74) is 20.3. The van der Waals surface area contributed by atoms with Gasteiger partial charge in [-0.2, -0.15) is 0 Å². The van der Waals surface area contributed by atoms with Crippen molar-refractivity contribution in [1.29, 1.82) is 0 Å². The van der Waals surface area contributed by atoms with E-state index in [4.69, 9.17) is 18.9 Å². The molecule has 10 aliphatic rings. The van der Waals surface area contributed by atoms with E-state index in [-0.39, 0.29) is 23.7 Å². The predicted octanol–water partition coefficient (Wildman–Crippen LogP) is 28.5. The molecule has 2 aliphatic heterocycles. The van der Waals surface area contributed by atoms with Crippen LogP contribution in [0, 0.1) is 0 Å². The van der Waals surface area contributed by atoms with E-state index in [1.54, 1.807) is 0 Å². The Morgan fingerprint density at radius 2 is 0.416 bits per heavy atom. The molecule has 14 aromatic carbocycles. The van der Waals surface area contributed by atoms with E-state index in [2.05, 4.69) is 404 Å². The van der Waals surface area contributed by atoms with Crippen molar-refractivity contribution < 1.29 is 33.9 Å². The van der Waals surface area contributed by atoms with Gasteiger partial charge >= 0.3 is 751 Å². The zero-order chi connectivity index (χ0) is 84.5. The van der Waals surface area contributed by atoms with Gasteiger partial charge in [-0.15, -0.1) is 0 Å². The zero-order valence-corrected chi connectivity index (χ0v) is 80.0. The van der Waals surface area contributed by atoms with Crippen LogP contribution < -0.4 is 27.7 Å². The van der Waals surface area contributed by atoms with Crippen LogP contribution in [-0.2, 0) is 14.9 Å². The fourth-order valence-electron chi connectivity index (χ4n) is 29.3. The van der Waals surface area contributed by atoms with Crippen molar-refractivity contribution in [2.75, 3.05) is 28.4 Å². The van der Waals surface area contributed by atoms with Gasteiger partial charge in [0.05, 0.1) is 0 Å². The van der Waals surface area contributed by atoms with Crippen molar-refractivity contribution in [1.82, 2.24) is 0 Å². The van der Waals surface area contributed by atoms with Crippen molar-refractivity contribution >= 4 is 141 Å². The van der Waals surface area contributed by atoms with Gasteiger partial charge in [0, 0.05) is 0 Å². The molecule has 0 saturated carbocycles. The van der Waals surface area contributed by atoms with Crippen LogP contribution in [-0.4, -0.2) is 57.1 Å². The second-order valence-corrected chi connectivity index (χ2v) is 89.8. The maximum atomic E-state index is 12.6. The normalized spacial score (nSPS) is 26.6. The molecular formula is C116H92Cl2Ge2O4Zr.